The van der Waals surface area contributed by atoms with Crippen molar-refractivity contribution >= 4 is 11.9 Å². The summed E-state index contributed by atoms with van der Waals surface area (Å²) < 4.78 is 4.98. The number of rotatable bonds is 4. The Hall–Kier alpha value is -1.78. The van der Waals surface area contributed by atoms with E-state index in [0.29, 0.717) is 5.76 Å². The minimum absolute atomic E-state index is 0.155. The first-order chi connectivity index (χ1) is 6.59. The Balaban J connectivity index is 2.60. The second-order valence-corrected chi connectivity index (χ2v) is 2.87. The summed E-state index contributed by atoms with van der Waals surface area (Å²) in [5.41, 5.74) is 0. The first kappa shape index (κ1) is 10.3. The number of furan rings is 1. The van der Waals surface area contributed by atoms with Crippen LogP contribution in [0.4, 0.5) is 0 Å². The molecule has 0 fully saturated rings. The first-order valence-electron chi connectivity index (χ1n) is 4.12. The number of carboxylic acids is 1. The van der Waals surface area contributed by atoms with Gasteiger partial charge < -0.3 is 14.8 Å². The van der Waals surface area contributed by atoms with Gasteiger partial charge in [0.25, 0.3) is 0 Å². The summed E-state index contributed by atoms with van der Waals surface area (Å²) in [5.74, 6) is -0.910. The monoisotopic (exact) mass is 197 g/mol. The summed E-state index contributed by atoms with van der Waals surface area (Å²) in [4.78, 5) is 21.4. The number of carbonyl (C=O) groups excluding carboxylic acids is 1. The number of aliphatic carboxylic acids is 1. The fourth-order valence-corrected chi connectivity index (χ4v) is 1.08. The van der Waals surface area contributed by atoms with E-state index >= 15 is 0 Å². The number of nitrogens with one attached hydrogen (secondary N) is 1. The largest absolute Gasteiger partial charge is 0.480 e. The van der Waals surface area contributed by atoms with Crippen LogP contribution >= 0.6 is 0 Å². The van der Waals surface area contributed by atoms with E-state index in [2.05, 4.69) is 5.32 Å². The van der Waals surface area contributed by atoms with Crippen molar-refractivity contribution < 1.29 is 19.1 Å². The summed E-state index contributed by atoms with van der Waals surface area (Å²) in [6.45, 7) is 1.28. The summed E-state index contributed by atoms with van der Waals surface area (Å²) in [6, 6.07) is 2.40. The molecular weight excluding hydrogens is 186 g/mol. The molecule has 0 radical (unpaired) electrons. The Morgan fingerprint density at radius 1 is 1.64 bits per heavy atom. The number of hydrogen-bond acceptors (Lipinski definition) is 3. The molecule has 0 aliphatic heterocycles. The number of amides is 1. The predicted molar refractivity (Wildman–Crippen MR) is 47.7 cm³/mol. The quantitative estimate of drug-likeness (QED) is 0.732. The lowest BCUT2D eigenvalue weighted by Gasteiger charge is -2.10. The van der Waals surface area contributed by atoms with E-state index in [1.54, 1.807) is 12.1 Å². The van der Waals surface area contributed by atoms with Crippen molar-refractivity contribution in [3.8, 4) is 0 Å². The van der Waals surface area contributed by atoms with Gasteiger partial charge in [-0.15, -0.1) is 0 Å². The molecule has 0 aliphatic carbocycles. The third-order valence-corrected chi connectivity index (χ3v) is 1.66. The summed E-state index contributed by atoms with van der Waals surface area (Å²) in [6.07, 6.45) is 1.62. The predicted octanol–water partition coefficient (Wildman–Crippen LogP) is 0.411. The van der Waals surface area contributed by atoms with E-state index < -0.39 is 12.0 Å². The third kappa shape index (κ3) is 2.93. The van der Waals surface area contributed by atoms with Crippen LogP contribution in [0.1, 0.15) is 12.7 Å². The SMILES string of the molecule is CC(=O)NC(Cc1ccco1)C(=O)O. The van der Waals surface area contributed by atoms with Crippen molar-refractivity contribution in [2.45, 2.75) is 19.4 Å². The Morgan fingerprint density at radius 2 is 2.36 bits per heavy atom. The molecule has 1 rings (SSSR count). The van der Waals surface area contributed by atoms with E-state index in [0.717, 1.165) is 0 Å². The van der Waals surface area contributed by atoms with Gasteiger partial charge in [-0.3, -0.25) is 4.79 Å². The van der Waals surface area contributed by atoms with Crippen molar-refractivity contribution in [3.05, 3.63) is 24.2 Å². The molecule has 1 aromatic heterocycles. The highest BCUT2D eigenvalue weighted by Crippen LogP contribution is 2.04. The molecule has 1 amide bonds. The van der Waals surface area contributed by atoms with Gasteiger partial charge in [-0.25, -0.2) is 4.79 Å². The molecule has 14 heavy (non-hydrogen) atoms. The lowest BCUT2D eigenvalue weighted by molar-refractivity contribution is -0.141. The maximum atomic E-state index is 10.7. The molecule has 1 atom stereocenters. The van der Waals surface area contributed by atoms with Gasteiger partial charge in [0.05, 0.1) is 6.26 Å². The smallest absolute Gasteiger partial charge is 0.326 e. The minimum Gasteiger partial charge on any atom is -0.480 e. The van der Waals surface area contributed by atoms with Crippen LogP contribution in [0.5, 0.6) is 0 Å². The molecule has 2 N–H and O–H groups in total. The van der Waals surface area contributed by atoms with Gasteiger partial charge >= 0.3 is 5.97 Å². The van der Waals surface area contributed by atoms with Crippen molar-refractivity contribution in [2.24, 2.45) is 0 Å². The Bertz CT molecular complexity index is 318. The molecule has 0 saturated heterocycles. The fourth-order valence-electron chi connectivity index (χ4n) is 1.08. The lowest BCUT2D eigenvalue weighted by atomic mass is 10.1. The fraction of sp³-hybridized carbons (Fsp3) is 0.333. The van der Waals surface area contributed by atoms with Gasteiger partial charge in [0.15, 0.2) is 0 Å². The van der Waals surface area contributed by atoms with E-state index in [-0.39, 0.29) is 12.3 Å². The van der Waals surface area contributed by atoms with Crippen LogP contribution in [0.15, 0.2) is 22.8 Å². The van der Waals surface area contributed by atoms with Crippen LogP contribution in [0.3, 0.4) is 0 Å². The van der Waals surface area contributed by atoms with Crippen LogP contribution in [0.25, 0.3) is 0 Å². The van der Waals surface area contributed by atoms with Gasteiger partial charge in [-0.1, -0.05) is 0 Å². The average molecular weight is 197 g/mol. The van der Waals surface area contributed by atoms with Crippen molar-refractivity contribution in [1.29, 1.82) is 0 Å². The molecule has 0 aromatic carbocycles. The summed E-state index contributed by atoms with van der Waals surface area (Å²) in [5, 5.41) is 11.1. The maximum Gasteiger partial charge on any atom is 0.326 e. The van der Waals surface area contributed by atoms with Crippen LogP contribution < -0.4 is 5.32 Å². The Labute approximate surface area is 80.7 Å². The van der Waals surface area contributed by atoms with Gasteiger partial charge in [-0.05, 0) is 12.1 Å². The maximum absolute atomic E-state index is 10.7. The molecule has 1 heterocycles. The molecule has 0 bridgehead atoms. The van der Waals surface area contributed by atoms with E-state index in [9.17, 15) is 9.59 Å². The number of carboxylic acid groups (broad SMARTS) is 1. The van der Waals surface area contributed by atoms with Gasteiger partial charge in [0, 0.05) is 13.3 Å². The van der Waals surface area contributed by atoms with Crippen LogP contribution in [-0.2, 0) is 16.0 Å². The summed E-state index contributed by atoms with van der Waals surface area (Å²) >= 11 is 0. The molecular formula is C9H11NO4. The minimum atomic E-state index is -1.07. The Morgan fingerprint density at radius 3 is 2.79 bits per heavy atom. The molecule has 0 spiro atoms. The lowest BCUT2D eigenvalue weighted by Crippen LogP contribution is -2.41. The molecule has 1 aromatic rings. The first-order valence-corrected chi connectivity index (χ1v) is 4.12. The van der Waals surface area contributed by atoms with Crippen LogP contribution in [0, 0.1) is 0 Å². The normalized spacial score (nSPS) is 12.1. The second-order valence-electron chi connectivity index (χ2n) is 2.87. The van der Waals surface area contributed by atoms with Crippen LogP contribution in [0.2, 0.25) is 0 Å². The van der Waals surface area contributed by atoms with E-state index in [1.807, 2.05) is 0 Å². The zero-order valence-electron chi connectivity index (χ0n) is 7.69. The zero-order chi connectivity index (χ0) is 10.6. The highest BCUT2D eigenvalue weighted by Gasteiger charge is 2.19. The highest BCUT2D eigenvalue weighted by atomic mass is 16.4. The number of carbonyl (C=O) groups is 2. The molecule has 0 aliphatic rings. The molecule has 5 heteroatoms. The van der Waals surface area contributed by atoms with Crippen LogP contribution in [-0.4, -0.2) is 23.0 Å². The average Bonchev–Trinajstić information content (AvgIpc) is 2.54. The number of hydrogen-bond donors (Lipinski definition) is 2. The highest BCUT2D eigenvalue weighted by molar-refractivity contribution is 5.82. The second kappa shape index (κ2) is 4.45. The van der Waals surface area contributed by atoms with E-state index in [4.69, 9.17) is 9.52 Å². The molecule has 76 valence electrons. The van der Waals surface area contributed by atoms with Crippen molar-refractivity contribution in [2.75, 3.05) is 0 Å². The zero-order valence-corrected chi connectivity index (χ0v) is 7.69. The third-order valence-electron chi connectivity index (χ3n) is 1.66. The van der Waals surface area contributed by atoms with Crippen molar-refractivity contribution in [3.63, 3.8) is 0 Å². The van der Waals surface area contributed by atoms with Gasteiger partial charge in [0.2, 0.25) is 5.91 Å². The Kier molecular flexibility index (Phi) is 3.28. The molecule has 5 nitrogen and oxygen atoms in total. The van der Waals surface area contributed by atoms with Crippen molar-refractivity contribution in [1.82, 2.24) is 5.32 Å². The molecule has 0 saturated carbocycles. The van der Waals surface area contributed by atoms with E-state index in [1.165, 1.54) is 13.2 Å². The van der Waals surface area contributed by atoms with Gasteiger partial charge in [-0.2, -0.15) is 0 Å². The topological polar surface area (TPSA) is 79.5 Å². The standard InChI is InChI=1S/C9H11NO4/c1-6(11)10-8(9(12)13)5-7-3-2-4-14-7/h2-4,8H,5H2,1H3,(H,10,11)(H,12,13). The van der Waals surface area contributed by atoms with Gasteiger partial charge in [0.1, 0.15) is 11.8 Å². The molecule has 1 unspecified atom stereocenters. The summed E-state index contributed by atoms with van der Waals surface area (Å²) in [7, 11) is 0.